The van der Waals surface area contributed by atoms with Gasteiger partial charge in [0.05, 0.1) is 17.4 Å². The first kappa shape index (κ1) is 30.2. The van der Waals surface area contributed by atoms with Gasteiger partial charge in [0.25, 0.3) is 6.43 Å². The van der Waals surface area contributed by atoms with Crippen LogP contribution in [0.15, 0.2) is 12.1 Å². The maximum Gasteiger partial charge on any atom is 0.310 e. The molecule has 3 heterocycles. The first-order chi connectivity index (χ1) is 19.9. The Labute approximate surface area is 247 Å². The summed E-state index contributed by atoms with van der Waals surface area (Å²) in [4.78, 5) is 43.0. The van der Waals surface area contributed by atoms with Crippen molar-refractivity contribution < 1.29 is 33.0 Å². The molecule has 1 aromatic carbocycles. The van der Waals surface area contributed by atoms with Gasteiger partial charge >= 0.3 is 5.97 Å². The second kappa shape index (κ2) is 11.8. The lowest BCUT2D eigenvalue weighted by Gasteiger charge is -2.45. The first-order valence-electron chi connectivity index (χ1n) is 14.3. The Morgan fingerprint density at radius 2 is 2.05 bits per heavy atom. The number of aryl methyl sites for hydroxylation is 1. The van der Waals surface area contributed by atoms with Gasteiger partial charge < -0.3 is 19.6 Å². The molecule has 1 N–H and O–H groups in total. The number of ether oxygens (including phenoxy) is 1. The average molecular weight is 608 g/mol. The number of alkyl halides is 2. The highest BCUT2D eigenvalue weighted by Crippen LogP contribution is 2.46. The highest BCUT2D eigenvalue weighted by Gasteiger charge is 2.50. The number of hydrogen-bond acceptors (Lipinski definition) is 6. The third-order valence-corrected chi connectivity index (χ3v) is 9.52. The van der Waals surface area contributed by atoms with Crippen molar-refractivity contribution in [1.29, 1.82) is 0 Å². The molecule has 13 heteroatoms. The Morgan fingerprint density at radius 1 is 1.29 bits per heavy atom. The van der Waals surface area contributed by atoms with Crippen molar-refractivity contribution in [3.8, 4) is 5.75 Å². The first-order valence-corrected chi connectivity index (χ1v) is 14.7. The topological polar surface area (TPSA) is 118 Å². The number of halogens is 3. The molecule has 1 saturated carbocycles. The summed E-state index contributed by atoms with van der Waals surface area (Å²) in [7, 11) is 1.38. The van der Waals surface area contributed by atoms with E-state index in [1.807, 2.05) is 6.92 Å². The van der Waals surface area contributed by atoms with Crippen molar-refractivity contribution in [2.45, 2.75) is 71.4 Å². The summed E-state index contributed by atoms with van der Waals surface area (Å²) in [5.74, 6) is -1.53. The molecule has 5 rings (SSSR count). The van der Waals surface area contributed by atoms with Crippen molar-refractivity contribution >= 4 is 29.4 Å². The number of aliphatic carboxylic acids is 1. The van der Waals surface area contributed by atoms with E-state index in [9.17, 15) is 28.3 Å². The van der Waals surface area contributed by atoms with E-state index < -0.39 is 29.8 Å². The number of benzene rings is 1. The molecule has 228 valence electrons. The van der Waals surface area contributed by atoms with Crippen LogP contribution < -0.4 is 4.74 Å². The largest absolute Gasteiger partial charge is 0.487 e. The van der Waals surface area contributed by atoms with Gasteiger partial charge in [0.2, 0.25) is 11.8 Å². The Balaban J connectivity index is 1.54. The quantitative estimate of drug-likeness (QED) is 0.467. The van der Waals surface area contributed by atoms with E-state index in [0.29, 0.717) is 55.1 Å². The minimum absolute atomic E-state index is 0.0144. The fourth-order valence-corrected chi connectivity index (χ4v) is 7.08. The van der Waals surface area contributed by atoms with Crippen LogP contribution in [0.25, 0.3) is 0 Å². The van der Waals surface area contributed by atoms with Gasteiger partial charge in [-0.05, 0) is 49.8 Å². The van der Waals surface area contributed by atoms with Crippen LogP contribution in [0, 0.1) is 17.3 Å². The van der Waals surface area contributed by atoms with Crippen LogP contribution in [0.5, 0.6) is 5.75 Å². The number of amides is 2. The molecule has 0 radical (unpaired) electrons. The number of carbonyl (C=O) groups is 3. The normalized spacial score (nSPS) is 26.1. The standard InChI is InChI=1S/C29H36ClF2N5O5/c1-16-12-23(38)36(13-16)14-21-24-17(9-11-37(21)27(39)18-6-4-5-10-29(18,2)28(40)41)19(30)7-8-22(24)42-15-20-25(26(31)32)35(3)34-33-20/h7-8,16,18,21,26H,4-6,9-15H2,1-3H3,(H,40,41)/t16?,18?,21-,29+/m1/s1. The molecule has 3 aliphatic rings. The molecule has 1 aliphatic carbocycles. The van der Waals surface area contributed by atoms with Crippen LogP contribution in [0.4, 0.5) is 8.78 Å². The SMILES string of the molecule is CC1CC(=O)N(C[C@@H]2c3c(OCc4nnn(C)c4C(F)F)ccc(Cl)c3CCN2C(=O)C2CCCC[C@]2(C)C(=O)O)C1. The average Bonchev–Trinajstić information content (AvgIpc) is 3.47. The van der Waals surface area contributed by atoms with Gasteiger partial charge in [-0.1, -0.05) is 36.6 Å². The van der Waals surface area contributed by atoms with E-state index in [1.54, 1.807) is 28.9 Å². The molecule has 4 atom stereocenters. The summed E-state index contributed by atoms with van der Waals surface area (Å²) in [6.07, 6.45) is 0.333. The monoisotopic (exact) mass is 607 g/mol. The fraction of sp³-hybridized carbons (Fsp3) is 0.621. The molecular weight excluding hydrogens is 572 g/mol. The number of hydrogen-bond donors (Lipinski definition) is 1. The fourth-order valence-electron chi connectivity index (χ4n) is 6.82. The highest BCUT2D eigenvalue weighted by molar-refractivity contribution is 6.31. The van der Waals surface area contributed by atoms with Crippen LogP contribution in [0.3, 0.4) is 0 Å². The van der Waals surface area contributed by atoms with Gasteiger partial charge in [-0.15, -0.1) is 5.10 Å². The molecule has 2 unspecified atom stereocenters. The van der Waals surface area contributed by atoms with E-state index >= 15 is 0 Å². The van der Waals surface area contributed by atoms with Crippen molar-refractivity contribution in [2.24, 2.45) is 24.3 Å². The number of carboxylic acids is 1. The lowest BCUT2D eigenvalue weighted by Crippen LogP contribution is -2.52. The molecular formula is C29H36ClF2N5O5. The van der Waals surface area contributed by atoms with Crippen LogP contribution in [0.2, 0.25) is 5.02 Å². The van der Waals surface area contributed by atoms with Crippen LogP contribution >= 0.6 is 11.6 Å². The summed E-state index contributed by atoms with van der Waals surface area (Å²) < 4.78 is 34.5. The van der Waals surface area contributed by atoms with E-state index in [1.165, 1.54) is 7.05 Å². The smallest absolute Gasteiger partial charge is 0.310 e. The van der Waals surface area contributed by atoms with Crippen LogP contribution in [0.1, 0.15) is 80.9 Å². The van der Waals surface area contributed by atoms with Gasteiger partial charge in [-0.25, -0.2) is 13.5 Å². The molecule has 1 aromatic heterocycles. The minimum atomic E-state index is -2.80. The van der Waals surface area contributed by atoms with Crippen molar-refractivity contribution in [3.05, 3.63) is 39.7 Å². The van der Waals surface area contributed by atoms with Gasteiger partial charge in [-0.3, -0.25) is 14.4 Å². The molecule has 42 heavy (non-hydrogen) atoms. The summed E-state index contributed by atoms with van der Waals surface area (Å²) in [6.45, 7) is 4.34. The van der Waals surface area contributed by atoms with Gasteiger partial charge in [0.1, 0.15) is 23.7 Å². The summed E-state index contributed by atoms with van der Waals surface area (Å²) in [5, 5.41) is 18.1. The van der Waals surface area contributed by atoms with E-state index in [4.69, 9.17) is 16.3 Å². The second-order valence-electron chi connectivity index (χ2n) is 12.0. The molecule has 0 bridgehead atoms. The second-order valence-corrected chi connectivity index (χ2v) is 12.4. The maximum absolute atomic E-state index is 14.3. The molecule has 2 aromatic rings. The Hall–Kier alpha value is -3.28. The van der Waals surface area contributed by atoms with Gasteiger partial charge in [-0.2, -0.15) is 0 Å². The molecule has 2 aliphatic heterocycles. The number of rotatable bonds is 8. The third kappa shape index (κ3) is 5.45. The highest BCUT2D eigenvalue weighted by atomic mass is 35.5. The summed E-state index contributed by atoms with van der Waals surface area (Å²) >= 11 is 6.66. The van der Waals surface area contributed by atoms with Gasteiger partial charge in [0, 0.05) is 43.7 Å². The number of carbonyl (C=O) groups excluding carboxylic acids is 2. The van der Waals surface area contributed by atoms with Crippen molar-refractivity contribution in [1.82, 2.24) is 24.8 Å². The zero-order valence-electron chi connectivity index (χ0n) is 24.0. The number of fused-ring (bicyclic) bond motifs is 1. The van der Waals surface area contributed by atoms with Crippen LogP contribution in [-0.2, 0) is 34.5 Å². The van der Waals surface area contributed by atoms with E-state index in [0.717, 1.165) is 23.1 Å². The van der Waals surface area contributed by atoms with Crippen molar-refractivity contribution in [3.63, 3.8) is 0 Å². The minimum Gasteiger partial charge on any atom is -0.487 e. The lowest BCUT2D eigenvalue weighted by atomic mass is 9.66. The molecule has 2 fully saturated rings. The predicted octanol–water partition coefficient (Wildman–Crippen LogP) is 4.56. The summed E-state index contributed by atoms with van der Waals surface area (Å²) in [5.41, 5.74) is -0.221. The Morgan fingerprint density at radius 3 is 2.71 bits per heavy atom. The zero-order valence-corrected chi connectivity index (χ0v) is 24.7. The molecule has 10 nitrogen and oxygen atoms in total. The van der Waals surface area contributed by atoms with E-state index in [-0.39, 0.29) is 42.3 Å². The number of aromatic nitrogens is 3. The van der Waals surface area contributed by atoms with Gasteiger partial charge in [0.15, 0.2) is 0 Å². The van der Waals surface area contributed by atoms with Crippen molar-refractivity contribution in [2.75, 3.05) is 19.6 Å². The molecule has 2 amide bonds. The Bertz CT molecular complexity index is 1390. The number of carboxylic acid groups (broad SMARTS) is 1. The third-order valence-electron chi connectivity index (χ3n) is 9.17. The zero-order chi connectivity index (χ0) is 30.3. The lowest BCUT2D eigenvalue weighted by molar-refractivity contribution is -0.162. The molecule has 0 spiro atoms. The van der Waals surface area contributed by atoms with E-state index in [2.05, 4.69) is 10.3 Å². The maximum atomic E-state index is 14.3. The number of likely N-dealkylation sites (tertiary alicyclic amines) is 1. The Kier molecular flexibility index (Phi) is 8.46. The number of nitrogens with zero attached hydrogens (tertiary/aromatic N) is 5. The van der Waals surface area contributed by atoms with Crippen LogP contribution in [-0.4, -0.2) is 67.3 Å². The summed E-state index contributed by atoms with van der Waals surface area (Å²) in [6, 6.07) is 2.64. The predicted molar refractivity (Wildman–Crippen MR) is 148 cm³/mol. The molecule has 1 saturated heterocycles.